The number of carbonyl (C=O) groups excluding carboxylic acids is 2. The summed E-state index contributed by atoms with van der Waals surface area (Å²) in [4.78, 5) is 25.1. The van der Waals surface area contributed by atoms with E-state index in [9.17, 15) is 35.1 Å². The van der Waals surface area contributed by atoms with E-state index < -0.39 is 49.5 Å². The number of aliphatic hydroxyl groups is 5. The summed E-state index contributed by atoms with van der Waals surface area (Å²) in [6, 6.07) is -0.827. The number of unbranched alkanes of at least 4 members (excludes halogenated alkanes) is 29. The van der Waals surface area contributed by atoms with Crippen LogP contribution in [0.3, 0.4) is 0 Å². The zero-order chi connectivity index (χ0) is 48.8. The lowest BCUT2D eigenvalue weighted by Crippen LogP contribution is -2.60. The lowest BCUT2D eigenvalue weighted by molar-refractivity contribution is -0.302. The van der Waals surface area contributed by atoms with Gasteiger partial charge in [-0.2, -0.15) is 0 Å². The lowest BCUT2D eigenvalue weighted by atomic mass is 9.99. The molecule has 1 amide bonds. The van der Waals surface area contributed by atoms with Crippen LogP contribution in [0.25, 0.3) is 0 Å². The van der Waals surface area contributed by atoms with Gasteiger partial charge in [-0.25, -0.2) is 0 Å². The number of nitrogens with one attached hydrogen (secondary N) is 1. The third-order valence-corrected chi connectivity index (χ3v) is 13.0. The first-order chi connectivity index (χ1) is 32.7. The highest BCUT2D eigenvalue weighted by Gasteiger charge is 2.44. The summed E-state index contributed by atoms with van der Waals surface area (Å²) in [5.41, 5.74) is 0. The van der Waals surface area contributed by atoms with Gasteiger partial charge in [0.05, 0.1) is 32.0 Å². The molecule has 392 valence electrons. The van der Waals surface area contributed by atoms with Crippen LogP contribution in [0, 0.1) is 0 Å². The molecule has 11 nitrogen and oxygen atoms in total. The summed E-state index contributed by atoms with van der Waals surface area (Å²) in [7, 11) is 0. The monoisotopic (exact) mass is 950 g/mol. The van der Waals surface area contributed by atoms with E-state index in [-0.39, 0.29) is 18.5 Å². The van der Waals surface area contributed by atoms with Crippen LogP contribution in [0.15, 0.2) is 36.5 Å². The molecule has 1 aliphatic rings. The number of allylic oxidation sites excluding steroid dienone is 5. The quantitative estimate of drug-likeness (QED) is 0.0196. The molecule has 0 radical (unpaired) electrons. The van der Waals surface area contributed by atoms with Gasteiger partial charge >= 0.3 is 5.97 Å². The minimum atomic E-state index is -1.58. The molecule has 0 saturated carbocycles. The van der Waals surface area contributed by atoms with E-state index >= 15 is 0 Å². The number of amides is 1. The van der Waals surface area contributed by atoms with Crippen LogP contribution in [0.1, 0.15) is 245 Å². The normalized spacial score (nSPS) is 19.8. The van der Waals surface area contributed by atoms with E-state index in [0.717, 1.165) is 96.3 Å². The molecule has 7 atom stereocenters. The van der Waals surface area contributed by atoms with Crippen molar-refractivity contribution in [3.63, 3.8) is 0 Å². The highest BCUT2D eigenvalue weighted by Crippen LogP contribution is 2.23. The van der Waals surface area contributed by atoms with Gasteiger partial charge < -0.3 is 45.1 Å². The number of hydrogen-bond acceptors (Lipinski definition) is 10. The second kappa shape index (κ2) is 46.3. The van der Waals surface area contributed by atoms with Crippen molar-refractivity contribution < 1.29 is 49.3 Å². The minimum Gasteiger partial charge on any atom is -0.466 e. The van der Waals surface area contributed by atoms with Crippen molar-refractivity contribution in [2.75, 3.05) is 19.8 Å². The van der Waals surface area contributed by atoms with E-state index in [0.29, 0.717) is 19.4 Å². The van der Waals surface area contributed by atoms with Gasteiger partial charge in [0.2, 0.25) is 5.91 Å². The smallest absolute Gasteiger partial charge is 0.305 e. The van der Waals surface area contributed by atoms with Crippen molar-refractivity contribution in [3.05, 3.63) is 36.5 Å². The molecule has 1 aliphatic heterocycles. The maximum absolute atomic E-state index is 13.0. The van der Waals surface area contributed by atoms with Crippen molar-refractivity contribution in [2.45, 2.75) is 288 Å². The molecule has 0 aliphatic carbocycles. The molecule has 7 unspecified atom stereocenters. The van der Waals surface area contributed by atoms with E-state index in [1.54, 1.807) is 6.08 Å². The molecule has 1 saturated heterocycles. The van der Waals surface area contributed by atoms with Gasteiger partial charge in [-0.3, -0.25) is 9.59 Å². The van der Waals surface area contributed by atoms with Gasteiger partial charge in [0.15, 0.2) is 6.29 Å². The van der Waals surface area contributed by atoms with Crippen LogP contribution in [0.4, 0.5) is 0 Å². The van der Waals surface area contributed by atoms with Crippen molar-refractivity contribution in [3.8, 4) is 0 Å². The zero-order valence-electron chi connectivity index (χ0n) is 42.9. The summed E-state index contributed by atoms with van der Waals surface area (Å²) < 4.78 is 16.6. The summed E-state index contributed by atoms with van der Waals surface area (Å²) in [6.07, 6.45) is 45.2. The molecular formula is C56H103NO10. The number of aliphatic hydroxyl groups excluding tert-OH is 5. The Morgan fingerprint density at radius 3 is 1.43 bits per heavy atom. The van der Waals surface area contributed by atoms with Gasteiger partial charge in [-0.15, -0.1) is 0 Å². The fourth-order valence-electron chi connectivity index (χ4n) is 8.48. The second-order valence-corrected chi connectivity index (χ2v) is 19.3. The third-order valence-electron chi connectivity index (χ3n) is 13.0. The molecule has 0 aromatic heterocycles. The van der Waals surface area contributed by atoms with Crippen LogP contribution >= 0.6 is 0 Å². The fourth-order valence-corrected chi connectivity index (χ4v) is 8.48. The summed E-state index contributed by atoms with van der Waals surface area (Å²) in [5, 5.41) is 54.1. The maximum Gasteiger partial charge on any atom is 0.305 e. The molecule has 0 aromatic carbocycles. The second-order valence-electron chi connectivity index (χ2n) is 19.3. The Labute approximate surface area is 409 Å². The highest BCUT2D eigenvalue weighted by atomic mass is 16.7. The SMILES string of the molecule is CCCCCCCCC/C=C\CCCCCCCCCC(=O)OCCCCC/C=C\CCCCCCCC(=O)NC(COC1OC(CO)C(O)C(O)C1O)C(O)/C=C/CCCCCCCCC. The molecule has 6 N–H and O–H groups in total. The number of hydrogen-bond donors (Lipinski definition) is 6. The summed E-state index contributed by atoms with van der Waals surface area (Å²) in [5.74, 6) is -0.261. The zero-order valence-corrected chi connectivity index (χ0v) is 42.9. The molecule has 0 aromatic rings. The van der Waals surface area contributed by atoms with Crippen molar-refractivity contribution in [2.24, 2.45) is 0 Å². The lowest BCUT2D eigenvalue weighted by Gasteiger charge is -2.40. The van der Waals surface area contributed by atoms with Crippen LogP contribution in [0.5, 0.6) is 0 Å². The number of carbonyl (C=O) groups is 2. The summed E-state index contributed by atoms with van der Waals surface area (Å²) in [6.45, 7) is 4.22. The standard InChI is InChI=1S/C56H103NO10/c1-3-5-7-9-11-13-14-15-16-17-18-19-20-24-28-32-36-40-44-52(61)65-45-41-37-33-29-25-22-21-23-27-31-35-39-43-51(60)57-48(49(59)42-38-34-30-26-12-10-8-6-4-2)47-66-56-55(64)54(63)53(62)50(46-58)67-56/h16-17,22,25,38,42,48-50,53-56,58-59,62-64H,3-15,18-21,23-24,26-37,39-41,43-47H2,1-2H3,(H,57,60)/b17-16-,25-22-,42-38+. The van der Waals surface area contributed by atoms with E-state index in [1.807, 2.05) is 6.08 Å². The Hall–Kier alpha value is -2.12. The first-order valence-electron chi connectivity index (χ1n) is 27.8. The molecule has 1 heterocycles. The highest BCUT2D eigenvalue weighted by molar-refractivity contribution is 5.76. The average molecular weight is 950 g/mol. The van der Waals surface area contributed by atoms with Crippen LogP contribution in [-0.2, 0) is 23.8 Å². The number of esters is 1. The number of ether oxygens (including phenoxy) is 3. The minimum absolute atomic E-state index is 0.0504. The van der Waals surface area contributed by atoms with Crippen LogP contribution in [-0.4, -0.2) is 100 Å². The first-order valence-corrected chi connectivity index (χ1v) is 27.8. The first kappa shape index (κ1) is 62.9. The van der Waals surface area contributed by atoms with Gasteiger partial charge in [0.25, 0.3) is 0 Å². The molecule has 0 spiro atoms. The average Bonchev–Trinajstić information content (AvgIpc) is 3.32. The Balaban J connectivity index is 2.10. The Bertz CT molecular complexity index is 1210. The molecular weight excluding hydrogens is 847 g/mol. The van der Waals surface area contributed by atoms with Gasteiger partial charge in [0.1, 0.15) is 24.4 Å². The van der Waals surface area contributed by atoms with Crippen molar-refractivity contribution >= 4 is 11.9 Å². The number of rotatable bonds is 47. The fraction of sp³-hybridized carbons (Fsp3) is 0.857. The Morgan fingerprint density at radius 1 is 0.537 bits per heavy atom. The molecule has 1 fully saturated rings. The third kappa shape index (κ3) is 36.5. The van der Waals surface area contributed by atoms with Crippen LogP contribution < -0.4 is 5.32 Å². The molecule has 0 bridgehead atoms. The summed E-state index contributed by atoms with van der Waals surface area (Å²) >= 11 is 0. The van der Waals surface area contributed by atoms with E-state index in [4.69, 9.17) is 14.2 Å². The maximum atomic E-state index is 13.0. The van der Waals surface area contributed by atoms with E-state index in [1.165, 1.54) is 122 Å². The van der Waals surface area contributed by atoms with Gasteiger partial charge in [-0.1, -0.05) is 179 Å². The van der Waals surface area contributed by atoms with Crippen molar-refractivity contribution in [1.29, 1.82) is 0 Å². The predicted molar refractivity (Wildman–Crippen MR) is 274 cm³/mol. The Morgan fingerprint density at radius 2 is 0.955 bits per heavy atom. The van der Waals surface area contributed by atoms with Gasteiger partial charge in [0, 0.05) is 12.8 Å². The van der Waals surface area contributed by atoms with Crippen LogP contribution in [0.2, 0.25) is 0 Å². The largest absolute Gasteiger partial charge is 0.466 e. The van der Waals surface area contributed by atoms with E-state index in [2.05, 4.69) is 43.5 Å². The van der Waals surface area contributed by atoms with Gasteiger partial charge in [-0.05, 0) is 89.9 Å². The topological polar surface area (TPSA) is 175 Å². The van der Waals surface area contributed by atoms with Crippen molar-refractivity contribution in [1.82, 2.24) is 5.32 Å². The molecule has 11 heteroatoms. The molecule has 67 heavy (non-hydrogen) atoms. The molecule has 1 rings (SSSR count). The Kier molecular flexibility index (Phi) is 43.4. The predicted octanol–water partition coefficient (Wildman–Crippen LogP) is 11.9.